The Hall–Kier alpha value is -2.80. The molecule has 0 amide bonds. The minimum atomic E-state index is 1.28. The molecule has 8 rings (SSSR count). The van der Waals surface area contributed by atoms with Crippen LogP contribution in [0.4, 0.5) is 0 Å². The number of benzene rings is 3. The molecule has 5 heteroatoms. The van der Waals surface area contributed by atoms with Crippen LogP contribution in [0.5, 0.6) is 0 Å². The third-order valence-corrected chi connectivity index (χ3v) is 11.9. The lowest BCUT2D eigenvalue weighted by atomic mass is 10.1. The zero-order valence-electron chi connectivity index (χ0n) is 18.3. The summed E-state index contributed by atoms with van der Waals surface area (Å²) in [7, 11) is 0. The maximum atomic E-state index is 2.37. The first kappa shape index (κ1) is 20.4. The van der Waals surface area contributed by atoms with E-state index in [2.05, 4.69) is 95.7 Å². The van der Waals surface area contributed by atoms with Crippen molar-refractivity contribution in [2.24, 2.45) is 0 Å². The summed E-state index contributed by atoms with van der Waals surface area (Å²) in [4.78, 5) is 5.36. The molecule has 0 atom stereocenters. The van der Waals surface area contributed by atoms with E-state index in [1.54, 1.807) is 0 Å². The summed E-state index contributed by atoms with van der Waals surface area (Å²) < 4.78 is 5.46. The molecule has 0 nitrogen and oxygen atoms in total. The largest absolute Gasteiger partial charge is 0.144 e. The highest BCUT2D eigenvalue weighted by Gasteiger charge is 2.12. The Balaban J connectivity index is 1.13. The first-order chi connectivity index (χ1) is 17.3. The highest BCUT2D eigenvalue weighted by molar-refractivity contribution is 7.27. The fourth-order valence-corrected chi connectivity index (χ4v) is 9.67. The van der Waals surface area contributed by atoms with Crippen molar-refractivity contribution < 1.29 is 0 Å². The molecule has 0 saturated carbocycles. The number of hydrogen-bond donors (Lipinski definition) is 0. The fraction of sp³-hybridized carbons (Fsp3) is 0. The lowest BCUT2D eigenvalue weighted by Crippen LogP contribution is -1.74. The summed E-state index contributed by atoms with van der Waals surface area (Å²) in [6.45, 7) is 0. The van der Waals surface area contributed by atoms with Gasteiger partial charge in [0, 0.05) is 59.9 Å². The van der Waals surface area contributed by atoms with Crippen LogP contribution >= 0.6 is 56.7 Å². The Morgan fingerprint density at radius 3 is 1.51 bits per heavy atom. The van der Waals surface area contributed by atoms with Crippen LogP contribution in [0.15, 0.2) is 95.7 Å². The zero-order chi connectivity index (χ0) is 22.9. The van der Waals surface area contributed by atoms with E-state index >= 15 is 0 Å². The van der Waals surface area contributed by atoms with Crippen LogP contribution in [0.1, 0.15) is 0 Å². The standard InChI is InChI=1S/C30H16S5/c1-3-18(29-15-21-19-11-13-31-24(19)6-8-26(21)34-29)4-2-17(1)23-5-10-28(33-23)30-16-22-20-12-14-32-25(20)7-9-27(22)35-30/h1-16H. The van der Waals surface area contributed by atoms with Gasteiger partial charge < -0.3 is 0 Å². The summed E-state index contributed by atoms with van der Waals surface area (Å²) in [6, 6.07) is 31.9. The van der Waals surface area contributed by atoms with E-state index in [1.807, 2.05) is 56.7 Å². The predicted molar refractivity (Wildman–Crippen MR) is 162 cm³/mol. The van der Waals surface area contributed by atoms with Crippen molar-refractivity contribution in [1.82, 2.24) is 0 Å². The summed E-state index contributed by atoms with van der Waals surface area (Å²) >= 11 is 9.30. The highest BCUT2D eigenvalue weighted by atomic mass is 32.1. The number of rotatable bonds is 3. The van der Waals surface area contributed by atoms with Gasteiger partial charge in [-0.1, -0.05) is 24.3 Å². The first-order valence-corrected chi connectivity index (χ1v) is 15.5. The van der Waals surface area contributed by atoms with Gasteiger partial charge in [0.15, 0.2) is 0 Å². The SMILES string of the molecule is c1cc2c(ccc3sc(-c4ccc(-c5ccc(-c6cc7c(ccc8sccc87)s6)s5)cc4)cc32)s1. The molecule has 0 bridgehead atoms. The molecule has 0 saturated heterocycles. The van der Waals surface area contributed by atoms with Crippen molar-refractivity contribution in [2.45, 2.75) is 0 Å². The van der Waals surface area contributed by atoms with E-state index in [9.17, 15) is 0 Å². The molecule has 5 aromatic heterocycles. The van der Waals surface area contributed by atoms with Crippen LogP contribution in [0.3, 0.4) is 0 Å². The van der Waals surface area contributed by atoms with Crippen molar-refractivity contribution in [3.05, 3.63) is 95.7 Å². The highest BCUT2D eigenvalue weighted by Crippen LogP contribution is 2.43. The minimum Gasteiger partial charge on any atom is -0.144 e. The molecule has 8 aromatic rings. The van der Waals surface area contributed by atoms with Crippen molar-refractivity contribution in [3.63, 3.8) is 0 Å². The summed E-state index contributed by atoms with van der Waals surface area (Å²) in [5.41, 5.74) is 2.58. The third-order valence-electron chi connectivity index (χ3n) is 6.57. The Labute approximate surface area is 222 Å². The molecule has 0 radical (unpaired) electrons. The Bertz CT molecular complexity index is 2000. The molecule has 3 aromatic carbocycles. The molecule has 0 N–H and O–H groups in total. The second-order valence-electron chi connectivity index (χ2n) is 8.58. The van der Waals surface area contributed by atoms with Crippen LogP contribution in [0, 0.1) is 0 Å². The van der Waals surface area contributed by atoms with E-state index in [-0.39, 0.29) is 0 Å². The summed E-state index contributed by atoms with van der Waals surface area (Å²) in [5, 5.41) is 9.88. The van der Waals surface area contributed by atoms with Crippen molar-refractivity contribution >= 4 is 97.0 Å². The lowest BCUT2D eigenvalue weighted by Gasteiger charge is -2.00. The Kier molecular flexibility index (Phi) is 4.58. The summed E-state index contributed by atoms with van der Waals surface area (Å²) in [6.07, 6.45) is 0. The van der Waals surface area contributed by atoms with Crippen LogP contribution in [-0.2, 0) is 0 Å². The number of thiophene rings is 5. The van der Waals surface area contributed by atoms with Crippen molar-refractivity contribution in [3.8, 4) is 30.6 Å². The molecule has 0 spiro atoms. The second kappa shape index (κ2) is 7.85. The average molecular weight is 537 g/mol. The van der Waals surface area contributed by atoms with Gasteiger partial charge >= 0.3 is 0 Å². The monoisotopic (exact) mass is 536 g/mol. The maximum Gasteiger partial charge on any atom is 0.0455 e. The topological polar surface area (TPSA) is 0 Å². The van der Waals surface area contributed by atoms with E-state index in [4.69, 9.17) is 0 Å². The van der Waals surface area contributed by atoms with Crippen molar-refractivity contribution in [2.75, 3.05) is 0 Å². The Morgan fingerprint density at radius 1 is 0.343 bits per heavy atom. The van der Waals surface area contributed by atoms with Gasteiger partial charge in [-0.2, -0.15) is 0 Å². The molecule has 0 aliphatic rings. The maximum absolute atomic E-state index is 2.37. The normalized spacial score (nSPS) is 12.0. The smallest absolute Gasteiger partial charge is 0.0455 e. The lowest BCUT2D eigenvalue weighted by molar-refractivity contribution is 1.69. The second-order valence-corrected chi connectivity index (χ2v) is 13.7. The number of fused-ring (bicyclic) bond motifs is 6. The molecule has 5 heterocycles. The van der Waals surface area contributed by atoms with Gasteiger partial charge in [-0.05, 0) is 82.6 Å². The van der Waals surface area contributed by atoms with E-state index < -0.39 is 0 Å². The molecule has 166 valence electrons. The molecule has 0 fully saturated rings. The quantitative estimate of drug-likeness (QED) is 0.211. The average Bonchev–Trinajstić information content (AvgIpc) is 3.71. The van der Waals surface area contributed by atoms with Gasteiger partial charge in [0.25, 0.3) is 0 Å². The molecule has 0 aliphatic heterocycles. The van der Waals surface area contributed by atoms with Crippen LogP contribution < -0.4 is 0 Å². The number of hydrogen-bond acceptors (Lipinski definition) is 5. The van der Waals surface area contributed by atoms with Crippen LogP contribution in [0.25, 0.3) is 71.0 Å². The van der Waals surface area contributed by atoms with Crippen molar-refractivity contribution in [1.29, 1.82) is 0 Å². The molecule has 35 heavy (non-hydrogen) atoms. The molecular formula is C30H16S5. The predicted octanol–water partition coefficient (Wildman–Crippen LogP) is 11.6. The van der Waals surface area contributed by atoms with Gasteiger partial charge in [-0.3, -0.25) is 0 Å². The minimum absolute atomic E-state index is 1.28. The van der Waals surface area contributed by atoms with Gasteiger partial charge in [-0.25, -0.2) is 0 Å². The fourth-order valence-electron chi connectivity index (χ4n) is 4.81. The third kappa shape index (κ3) is 3.27. The zero-order valence-corrected chi connectivity index (χ0v) is 22.4. The first-order valence-electron chi connectivity index (χ1n) is 11.3. The molecule has 0 unspecified atom stereocenters. The van der Waals surface area contributed by atoms with E-state index in [0.717, 1.165) is 0 Å². The summed E-state index contributed by atoms with van der Waals surface area (Å²) in [5.74, 6) is 0. The van der Waals surface area contributed by atoms with Crippen LogP contribution in [0.2, 0.25) is 0 Å². The van der Waals surface area contributed by atoms with Gasteiger partial charge in [0.1, 0.15) is 0 Å². The van der Waals surface area contributed by atoms with Gasteiger partial charge in [0.2, 0.25) is 0 Å². The Morgan fingerprint density at radius 2 is 0.857 bits per heavy atom. The molecular weight excluding hydrogens is 521 g/mol. The van der Waals surface area contributed by atoms with Crippen LogP contribution in [-0.4, -0.2) is 0 Å². The van der Waals surface area contributed by atoms with Gasteiger partial charge in [-0.15, -0.1) is 56.7 Å². The van der Waals surface area contributed by atoms with E-state index in [1.165, 1.54) is 71.0 Å². The van der Waals surface area contributed by atoms with E-state index in [0.29, 0.717) is 0 Å². The molecule has 0 aliphatic carbocycles. The van der Waals surface area contributed by atoms with Gasteiger partial charge in [0.05, 0.1) is 0 Å².